The van der Waals surface area contributed by atoms with Crippen LogP contribution in [0.1, 0.15) is 37.0 Å². The minimum atomic E-state index is -0.286. The number of methoxy groups -OCH3 is 1. The van der Waals surface area contributed by atoms with Gasteiger partial charge in [-0.1, -0.05) is 26.0 Å². The van der Waals surface area contributed by atoms with E-state index in [0.717, 1.165) is 31.6 Å². The molecular weight excluding hydrogens is 252 g/mol. The van der Waals surface area contributed by atoms with Gasteiger partial charge in [-0.15, -0.1) is 0 Å². The lowest BCUT2D eigenvalue weighted by molar-refractivity contribution is 0.0601. The van der Waals surface area contributed by atoms with E-state index in [9.17, 15) is 4.79 Å². The number of hydrogen-bond acceptors (Lipinski definition) is 4. The summed E-state index contributed by atoms with van der Waals surface area (Å²) in [5.41, 5.74) is 1.48. The minimum Gasteiger partial charge on any atom is -0.465 e. The Bertz CT molecular complexity index is 413. The number of rotatable bonds is 3. The zero-order valence-electron chi connectivity index (χ0n) is 13.0. The number of ether oxygens (including phenoxy) is 1. The molecule has 1 aromatic carbocycles. The smallest absolute Gasteiger partial charge is 0.339 e. The number of nitrogens with one attached hydrogen (secondary N) is 1. The molecule has 1 saturated heterocycles. The lowest BCUT2D eigenvalue weighted by Gasteiger charge is -2.30. The number of likely N-dealkylation sites (tertiary alicyclic amines) is 1. The molecule has 0 amide bonds. The quantitative estimate of drug-likeness (QED) is 0.863. The highest BCUT2D eigenvalue weighted by Gasteiger charge is 2.18. The van der Waals surface area contributed by atoms with Gasteiger partial charge in [0, 0.05) is 11.7 Å². The Hall–Kier alpha value is -1.55. The lowest BCUT2D eigenvalue weighted by atomic mass is 10.0. The Morgan fingerprint density at radius 1 is 1.25 bits per heavy atom. The molecule has 0 aliphatic carbocycles. The van der Waals surface area contributed by atoms with Crippen LogP contribution in [0.5, 0.6) is 0 Å². The van der Waals surface area contributed by atoms with E-state index in [0.29, 0.717) is 11.6 Å². The van der Waals surface area contributed by atoms with Crippen LogP contribution in [0.25, 0.3) is 0 Å². The molecule has 0 atom stereocenters. The van der Waals surface area contributed by atoms with E-state index in [4.69, 9.17) is 4.74 Å². The van der Waals surface area contributed by atoms with Crippen molar-refractivity contribution in [1.82, 2.24) is 4.90 Å². The van der Waals surface area contributed by atoms with Crippen LogP contribution >= 0.6 is 0 Å². The van der Waals surface area contributed by atoms with Crippen LogP contribution in [0.2, 0.25) is 0 Å². The maximum atomic E-state index is 11.7. The van der Waals surface area contributed by atoms with Gasteiger partial charge in [-0.05, 0) is 45.1 Å². The van der Waals surface area contributed by atoms with E-state index in [1.54, 1.807) is 6.07 Å². The molecule has 4 nitrogen and oxygen atoms in total. The van der Waals surface area contributed by atoms with Crippen molar-refractivity contribution < 1.29 is 9.53 Å². The predicted octanol–water partition coefficient (Wildman–Crippen LogP) is 3.01. The first-order valence-electron chi connectivity index (χ1n) is 7.33. The van der Waals surface area contributed by atoms with Crippen LogP contribution in [-0.4, -0.2) is 44.2 Å². The SMILES string of the molecule is CC.COC(=O)c1ccccc1NC1CCN(C)CC1. The molecule has 20 heavy (non-hydrogen) atoms. The molecule has 0 unspecified atom stereocenters. The summed E-state index contributed by atoms with van der Waals surface area (Å²) in [5, 5.41) is 3.46. The number of esters is 1. The molecule has 1 N–H and O–H groups in total. The van der Waals surface area contributed by atoms with Gasteiger partial charge in [0.05, 0.1) is 12.7 Å². The normalized spacial score (nSPS) is 16.0. The van der Waals surface area contributed by atoms with Gasteiger partial charge in [0.25, 0.3) is 0 Å². The number of carbonyl (C=O) groups excluding carboxylic acids is 1. The second-order valence-electron chi connectivity index (χ2n) is 4.76. The van der Waals surface area contributed by atoms with Crippen molar-refractivity contribution in [2.45, 2.75) is 32.7 Å². The van der Waals surface area contributed by atoms with Gasteiger partial charge in [0.2, 0.25) is 0 Å². The van der Waals surface area contributed by atoms with Gasteiger partial charge < -0.3 is 15.0 Å². The van der Waals surface area contributed by atoms with Gasteiger partial charge >= 0.3 is 5.97 Å². The topological polar surface area (TPSA) is 41.6 Å². The highest BCUT2D eigenvalue weighted by molar-refractivity contribution is 5.95. The first kappa shape index (κ1) is 16.5. The molecule has 4 heteroatoms. The number of piperidine rings is 1. The average Bonchev–Trinajstić information content (AvgIpc) is 2.51. The van der Waals surface area contributed by atoms with E-state index >= 15 is 0 Å². The van der Waals surface area contributed by atoms with Gasteiger partial charge in [0.1, 0.15) is 0 Å². The summed E-state index contributed by atoms with van der Waals surface area (Å²) >= 11 is 0. The van der Waals surface area contributed by atoms with E-state index < -0.39 is 0 Å². The summed E-state index contributed by atoms with van der Waals surface area (Å²) in [4.78, 5) is 14.0. The van der Waals surface area contributed by atoms with Gasteiger partial charge in [-0.3, -0.25) is 0 Å². The zero-order valence-corrected chi connectivity index (χ0v) is 13.0. The fraction of sp³-hybridized carbons (Fsp3) is 0.562. The summed E-state index contributed by atoms with van der Waals surface area (Å²) in [6, 6.07) is 7.95. The Balaban J connectivity index is 0.000000956. The molecule has 1 aliphatic heterocycles. The number of carbonyl (C=O) groups is 1. The molecule has 1 aliphatic rings. The van der Waals surface area contributed by atoms with Crippen molar-refractivity contribution in [3.8, 4) is 0 Å². The predicted molar refractivity (Wildman–Crippen MR) is 83.3 cm³/mol. The molecule has 2 rings (SSSR count). The van der Waals surface area contributed by atoms with Crippen LogP contribution < -0.4 is 5.32 Å². The van der Waals surface area contributed by atoms with Crippen LogP contribution in [0.3, 0.4) is 0 Å². The molecular formula is C16H26N2O2. The summed E-state index contributed by atoms with van der Waals surface area (Å²) < 4.78 is 4.80. The number of hydrogen-bond donors (Lipinski definition) is 1. The third-order valence-electron chi connectivity index (χ3n) is 3.41. The minimum absolute atomic E-state index is 0.286. The Labute approximate surface area is 122 Å². The van der Waals surface area contributed by atoms with E-state index in [-0.39, 0.29) is 5.97 Å². The molecule has 112 valence electrons. The van der Waals surface area contributed by atoms with Crippen LogP contribution in [0.4, 0.5) is 5.69 Å². The number of benzene rings is 1. The van der Waals surface area contributed by atoms with Gasteiger partial charge in [-0.25, -0.2) is 4.79 Å². The van der Waals surface area contributed by atoms with Gasteiger partial charge in [0.15, 0.2) is 0 Å². The molecule has 0 aromatic heterocycles. The Morgan fingerprint density at radius 2 is 1.85 bits per heavy atom. The lowest BCUT2D eigenvalue weighted by Crippen LogP contribution is -2.37. The van der Waals surface area contributed by atoms with Crippen LogP contribution in [0.15, 0.2) is 24.3 Å². The molecule has 0 bridgehead atoms. The van der Waals surface area contributed by atoms with Crippen molar-refractivity contribution in [2.24, 2.45) is 0 Å². The molecule has 1 heterocycles. The van der Waals surface area contributed by atoms with Gasteiger partial charge in [-0.2, -0.15) is 0 Å². The Kier molecular flexibility index (Phi) is 7.09. The van der Waals surface area contributed by atoms with Crippen LogP contribution in [0, 0.1) is 0 Å². The molecule has 0 saturated carbocycles. The van der Waals surface area contributed by atoms with Crippen LogP contribution in [-0.2, 0) is 4.74 Å². The second kappa shape index (κ2) is 8.59. The zero-order chi connectivity index (χ0) is 15.0. The van der Waals surface area contributed by atoms with Crippen molar-refractivity contribution in [3.63, 3.8) is 0 Å². The second-order valence-corrected chi connectivity index (χ2v) is 4.76. The number of anilines is 1. The molecule has 1 aromatic rings. The number of para-hydroxylation sites is 1. The largest absolute Gasteiger partial charge is 0.465 e. The fourth-order valence-corrected chi connectivity index (χ4v) is 2.27. The van der Waals surface area contributed by atoms with Crippen molar-refractivity contribution in [3.05, 3.63) is 29.8 Å². The summed E-state index contributed by atoms with van der Waals surface area (Å²) in [7, 11) is 3.55. The fourth-order valence-electron chi connectivity index (χ4n) is 2.27. The summed E-state index contributed by atoms with van der Waals surface area (Å²) in [6.07, 6.45) is 2.21. The first-order chi connectivity index (χ1) is 9.70. The van der Waals surface area contributed by atoms with E-state index in [1.165, 1.54) is 7.11 Å². The van der Waals surface area contributed by atoms with Crippen molar-refractivity contribution in [1.29, 1.82) is 0 Å². The van der Waals surface area contributed by atoms with E-state index in [1.807, 2.05) is 32.0 Å². The van der Waals surface area contributed by atoms with Crippen molar-refractivity contribution in [2.75, 3.05) is 32.6 Å². The molecule has 0 radical (unpaired) electrons. The van der Waals surface area contributed by atoms with E-state index in [2.05, 4.69) is 17.3 Å². The van der Waals surface area contributed by atoms with Crippen molar-refractivity contribution >= 4 is 11.7 Å². The Morgan fingerprint density at radius 3 is 2.45 bits per heavy atom. The monoisotopic (exact) mass is 278 g/mol. The molecule has 1 fully saturated rings. The highest BCUT2D eigenvalue weighted by Crippen LogP contribution is 2.20. The summed E-state index contributed by atoms with van der Waals surface area (Å²) in [6.45, 7) is 6.19. The number of nitrogens with zero attached hydrogens (tertiary/aromatic N) is 1. The third-order valence-corrected chi connectivity index (χ3v) is 3.41. The highest BCUT2D eigenvalue weighted by atomic mass is 16.5. The maximum Gasteiger partial charge on any atom is 0.339 e. The first-order valence-corrected chi connectivity index (χ1v) is 7.33. The standard InChI is InChI=1S/C14H20N2O2.C2H6/c1-16-9-7-11(8-10-16)15-13-6-4-3-5-12(13)14(17)18-2;1-2/h3-6,11,15H,7-10H2,1-2H3;1-2H3. The maximum absolute atomic E-state index is 11.7. The third kappa shape index (κ3) is 4.53. The summed E-state index contributed by atoms with van der Waals surface area (Å²) in [5.74, 6) is -0.286. The molecule has 0 spiro atoms. The average molecular weight is 278 g/mol.